The van der Waals surface area contributed by atoms with Crippen molar-refractivity contribution < 1.29 is 18.8 Å². The molecular weight excluding hydrogens is 346 g/mol. The molecule has 7 nitrogen and oxygen atoms in total. The van der Waals surface area contributed by atoms with Crippen LogP contribution in [0.25, 0.3) is 0 Å². The van der Waals surface area contributed by atoms with E-state index in [-0.39, 0.29) is 42.5 Å². The van der Waals surface area contributed by atoms with Gasteiger partial charge in [-0.05, 0) is 30.2 Å². The quantitative estimate of drug-likeness (QED) is 0.587. The summed E-state index contributed by atoms with van der Waals surface area (Å²) in [4.78, 5) is 36.7. The van der Waals surface area contributed by atoms with E-state index >= 15 is 0 Å². The molecule has 1 heterocycles. The number of carbonyl (C=O) groups excluding carboxylic acids is 3. The van der Waals surface area contributed by atoms with Crippen molar-refractivity contribution in [2.24, 2.45) is 5.92 Å². The molecule has 7 heteroatoms. The van der Waals surface area contributed by atoms with Gasteiger partial charge in [0.25, 0.3) is 11.8 Å². The van der Waals surface area contributed by atoms with E-state index in [0.717, 1.165) is 6.42 Å². The minimum absolute atomic E-state index is 0.0321. The molecule has 2 atom stereocenters. The molecule has 0 aliphatic heterocycles. The van der Waals surface area contributed by atoms with Crippen molar-refractivity contribution in [1.29, 1.82) is 0 Å². The zero-order valence-corrected chi connectivity index (χ0v) is 15.5. The topological polar surface area (TPSA) is 100 Å². The number of amides is 3. The van der Waals surface area contributed by atoms with E-state index in [1.165, 1.54) is 6.26 Å². The highest BCUT2D eigenvalue weighted by Gasteiger charge is 2.26. The number of furan rings is 1. The molecule has 27 heavy (non-hydrogen) atoms. The van der Waals surface area contributed by atoms with Crippen LogP contribution in [0, 0.1) is 5.92 Å². The molecule has 2 rings (SSSR count). The smallest absolute Gasteiger partial charge is 0.287 e. The predicted molar refractivity (Wildman–Crippen MR) is 101 cm³/mol. The summed E-state index contributed by atoms with van der Waals surface area (Å²) in [6, 6.07) is 11.3. The minimum atomic E-state index is -0.650. The molecule has 1 aromatic heterocycles. The second kappa shape index (κ2) is 10.2. The van der Waals surface area contributed by atoms with E-state index in [9.17, 15) is 14.4 Å². The van der Waals surface area contributed by atoms with Crippen molar-refractivity contribution in [3.05, 3.63) is 60.1 Å². The van der Waals surface area contributed by atoms with Crippen molar-refractivity contribution >= 4 is 17.7 Å². The van der Waals surface area contributed by atoms with Gasteiger partial charge in [0.1, 0.15) is 6.04 Å². The monoisotopic (exact) mass is 371 g/mol. The lowest BCUT2D eigenvalue weighted by Gasteiger charge is -2.23. The molecule has 0 bridgehead atoms. The molecule has 0 aliphatic carbocycles. The van der Waals surface area contributed by atoms with Crippen LogP contribution in [0.2, 0.25) is 0 Å². The number of hydrogen-bond acceptors (Lipinski definition) is 4. The summed E-state index contributed by atoms with van der Waals surface area (Å²) in [7, 11) is 0. The van der Waals surface area contributed by atoms with Gasteiger partial charge in [-0.25, -0.2) is 0 Å². The summed E-state index contributed by atoms with van der Waals surface area (Å²) >= 11 is 0. The lowest BCUT2D eigenvalue weighted by Crippen LogP contribution is -2.51. The molecule has 0 spiro atoms. The lowest BCUT2D eigenvalue weighted by molar-refractivity contribution is -0.124. The van der Waals surface area contributed by atoms with Crippen LogP contribution in [0.4, 0.5) is 0 Å². The fourth-order valence-corrected chi connectivity index (χ4v) is 2.48. The molecule has 2 unspecified atom stereocenters. The van der Waals surface area contributed by atoms with Crippen LogP contribution in [-0.4, -0.2) is 36.9 Å². The minimum Gasteiger partial charge on any atom is -0.459 e. The SMILES string of the molecule is CCC(C)C(NC(=O)c1ccccc1)C(=O)NCCNC(=O)c1ccco1. The van der Waals surface area contributed by atoms with Crippen molar-refractivity contribution in [1.82, 2.24) is 16.0 Å². The Labute approximate surface area is 158 Å². The molecular formula is C20H25N3O4. The van der Waals surface area contributed by atoms with E-state index < -0.39 is 6.04 Å². The maximum absolute atomic E-state index is 12.5. The standard InChI is InChI=1S/C20H25N3O4/c1-3-14(2)17(23-18(24)15-8-5-4-6-9-15)20(26)22-12-11-21-19(25)16-10-7-13-27-16/h4-10,13-14,17H,3,11-12H2,1-2H3,(H,21,25)(H,22,26)(H,23,24). The molecule has 0 fully saturated rings. The number of carbonyl (C=O) groups is 3. The Bertz CT molecular complexity index is 744. The molecule has 3 amide bonds. The van der Waals surface area contributed by atoms with Crippen molar-refractivity contribution in [2.75, 3.05) is 13.1 Å². The van der Waals surface area contributed by atoms with Gasteiger partial charge in [0, 0.05) is 18.7 Å². The van der Waals surface area contributed by atoms with Gasteiger partial charge >= 0.3 is 0 Å². The van der Waals surface area contributed by atoms with Crippen molar-refractivity contribution in [2.45, 2.75) is 26.3 Å². The van der Waals surface area contributed by atoms with E-state index in [4.69, 9.17) is 4.42 Å². The average molecular weight is 371 g/mol. The maximum atomic E-state index is 12.5. The van der Waals surface area contributed by atoms with Gasteiger partial charge in [0.2, 0.25) is 5.91 Å². The van der Waals surface area contributed by atoms with Gasteiger partial charge in [0.05, 0.1) is 6.26 Å². The summed E-state index contributed by atoms with van der Waals surface area (Å²) in [5.74, 6) is -0.725. The number of benzene rings is 1. The third-order valence-corrected chi connectivity index (χ3v) is 4.27. The highest BCUT2D eigenvalue weighted by atomic mass is 16.3. The largest absolute Gasteiger partial charge is 0.459 e. The number of rotatable bonds is 9. The fraction of sp³-hybridized carbons (Fsp3) is 0.350. The van der Waals surface area contributed by atoms with Crippen LogP contribution >= 0.6 is 0 Å². The highest BCUT2D eigenvalue weighted by Crippen LogP contribution is 2.09. The molecule has 2 aromatic rings. The van der Waals surface area contributed by atoms with E-state index in [1.807, 2.05) is 19.9 Å². The van der Waals surface area contributed by atoms with Gasteiger partial charge < -0.3 is 20.4 Å². The second-order valence-corrected chi connectivity index (χ2v) is 6.23. The van der Waals surface area contributed by atoms with Crippen LogP contribution in [0.5, 0.6) is 0 Å². The third kappa shape index (κ3) is 5.99. The van der Waals surface area contributed by atoms with Crippen LogP contribution < -0.4 is 16.0 Å². The lowest BCUT2D eigenvalue weighted by atomic mass is 9.98. The average Bonchev–Trinajstić information content (AvgIpc) is 3.24. The maximum Gasteiger partial charge on any atom is 0.287 e. The van der Waals surface area contributed by atoms with E-state index in [0.29, 0.717) is 5.56 Å². The van der Waals surface area contributed by atoms with E-state index in [2.05, 4.69) is 16.0 Å². The normalized spacial score (nSPS) is 12.7. The van der Waals surface area contributed by atoms with Gasteiger partial charge in [-0.2, -0.15) is 0 Å². The van der Waals surface area contributed by atoms with Gasteiger partial charge in [0.15, 0.2) is 5.76 Å². The summed E-state index contributed by atoms with van der Waals surface area (Å²) in [5.41, 5.74) is 0.504. The van der Waals surface area contributed by atoms with E-state index in [1.54, 1.807) is 36.4 Å². The third-order valence-electron chi connectivity index (χ3n) is 4.27. The van der Waals surface area contributed by atoms with Crippen LogP contribution in [0.1, 0.15) is 41.2 Å². The summed E-state index contributed by atoms with van der Waals surface area (Å²) in [6.45, 7) is 4.38. The van der Waals surface area contributed by atoms with Crippen LogP contribution in [0.3, 0.4) is 0 Å². The van der Waals surface area contributed by atoms with Gasteiger partial charge in [-0.3, -0.25) is 14.4 Å². The molecule has 1 aromatic carbocycles. The Kier molecular flexibility index (Phi) is 7.61. The predicted octanol–water partition coefficient (Wildman–Crippen LogP) is 1.97. The first kappa shape index (κ1) is 20.2. The Morgan fingerprint density at radius 1 is 0.963 bits per heavy atom. The van der Waals surface area contributed by atoms with Gasteiger partial charge in [-0.1, -0.05) is 38.5 Å². The number of nitrogens with one attached hydrogen (secondary N) is 3. The molecule has 0 radical (unpaired) electrons. The molecule has 144 valence electrons. The Morgan fingerprint density at radius 2 is 1.67 bits per heavy atom. The van der Waals surface area contributed by atoms with Gasteiger partial charge in [-0.15, -0.1) is 0 Å². The first-order valence-corrected chi connectivity index (χ1v) is 8.98. The first-order chi connectivity index (χ1) is 13.0. The Morgan fingerprint density at radius 3 is 2.30 bits per heavy atom. The van der Waals surface area contributed by atoms with Crippen molar-refractivity contribution in [3.63, 3.8) is 0 Å². The Balaban J connectivity index is 1.85. The van der Waals surface area contributed by atoms with Crippen LogP contribution in [-0.2, 0) is 4.79 Å². The molecule has 3 N–H and O–H groups in total. The Hall–Kier alpha value is -3.09. The summed E-state index contributed by atoms with van der Waals surface area (Å²) < 4.78 is 5.00. The van der Waals surface area contributed by atoms with Crippen molar-refractivity contribution in [3.8, 4) is 0 Å². The van der Waals surface area contributed by atoms with Crippen LogP contribution in [0.15, 0.2) is 53.1 Å². The molecule has 0 aliphatic rings. The summed E-state index contributed by atoms with van der Waals surface area (Å²) in [5, 5.41) is 8.21. The zero-order valence-electron chi connectivity index (χ0n) is 15.5. The highest BCUT2D eigenvalue weighted by molar-refractivity contribution is 5.97. The second-order valence-electron chi connectivity index (χ2n) is 6.23. The molecule has 0 saturated heterocycles. The zero-order chi connectivity index (χ0) is 19.6. The summed E-state index contributed by atoms with van der Waals surface area (Å²) in [6.07, 6.45) is 2.16. The fourth-order valence-electron chi connectivity index (χ4n) is 2.48. The molecule has 0 saturated carbocycles. The first-order valence-electron chi connectivity index (χ1n) is 8.98. The number of hydrogen-bond donors (Lipinski definition) is 3.